The van der Waals surface area contributed by atoms with E-state index in [0.29, 0.717) is 5.11 Å². The van der Waals surface area contributed by atoms with Crippen molar-refractivity contribution in [1.82, 2.24) is 9.80 Å². The SMILES string of the molecule is Cc1ccc(NC(=S)N(CCN(C)C)[C@H](C)c2ccco2)cc1C. The van der Waals surface area contributed by atoms with Gasteiger partial charge in [0.1, 0.15) is 5.76 Å². The number of aryl methyl sites for hydroxylation is 2. The highest BCUT2D eigenvalue weighted by Gasteiger charge is 2.21. The van der Waals surface area contributed by atoms with Crippen LogP contribution >= 0.6 is 12.2 Å². The van der Waals surface area contributed by atoms with E-state index < -0.39 is 0 Å². The molecule has 130 valence electrons. The van der Waals surface area contributed by atoms with Gasteiger partial charge in [0.25, 0.3) is 0 Å². The Labute approximate surface area is 150 Å². The predicted molar refractivity (Wildman–Crippen MR) is 105 cm³/mol. The third kappa shape index (κ3) is 4.82. The molecule has 1 atom stereocenters. The first-order valence-corrected chi connectivity index (χ1v) is 8.62. The topological polar surface area (TPSA) is 31.6 Å². The molecule has 0 unspecified atom stereocenters. The van der Waals surface area contributed by atoms with E-state index >= 15 is 0 Å². The molecule has 0 spiro atoms. The highest BCUT2D eigenvalue weighted by atomic mass is 32.1. The van der Waals surface area contributed by atoms with E-state index in [1.54, 1.807) is 6.26 Å². The number of likely N-dealkylation sites (N-methyl/N-ethyl adjacent to an activating group) is 1. The fourth-order valence-corrected chi connectivity index (χ4v) is 2.84. The Hall–Kier alpha value is -1.85. The zero-order valence-corrected chi connectivity index (χ0v) is 16.0. The molecule has 0 fully saturated rings. The van der Waals surface area contributed by atoms with Crippen LogP contribution in [0.25, 0.3) is 0 Å². The maximum atomic E-state index is 5.69. The molecule has 0 saturated heterocycles. The zero-order valence-electron chi connectivity index (χ0n) is 15.2. The maximum absolute atomic E-state index is 5.69. The number of hydrogen-bond donors (Lipinski definition) is 1. The summed E-state index contributed by atoms with van der Waals surface area (Å²) in [6.45, 7) is 8.08. The van der Waals surface area contributed by atoms with Gasteiger partial charge in [-0.05, 0) is 82.5 Å². The van der Waals surface area contributed by atoms with Crippen LogP contribution < -0.4 is 5.32 Å². The van der Waals surface area contributed by atoms with Gasteiger partial charge in [0.2, 0.25) is 0 Å². The van der Waals surface area contributed by atoms with Crippen molar-refractivity contribution in [2.45, 2.75) is 26.8 Å². The van der Waals surface area contributed by atoms with Gasteiger partial charge in [-0.1, -0.05) is 6.07 Å². The largest absolute Gasteiger partial charge is 0.467 e. The Balaban J connectivity index is 2.15. The summed E-state index contributed by atoms with van der Waals surface area (Å²) in [4.78, 5) is 4.32. The van der Waals surface area contributed by atoms with Gasteiger partial charge in [-0.2, -0.15) is 0 Å². The monoisotopic (exact) mass is 345 g/mol. The number of nitrogens with one attached hydrogen (secondary N) is 1. The molecule has 0 radical (unpaired) electrons. The van der Waals surface area contributed by atoms with Crippen LogP contribution in [0.2, 0.25) is 0 Å². The summed E-state index contributed by atoms with van der Waals surface area (Å²) in [5, 5.41) is 4.09. The molecule has 24 heavy (non-hydrogen) atoms. The number of furan rings is 1. The first kappa shape index (κ1) is 18.5. The molecule has 2 aromatic rings. The maximum Gasteiger partial charge on any atom is 0.174 e. The summed E-state index contributed by atoms with van der Waals surface area (Å²) in [5.41, 5.74) is 3.55. The third-order valence-corrected chi connectivity index (χ3v) is 4.57. The molecular weight excluding hydrogens is 318 g/mol. The average Bonchev–Trinajstić information content (AvgIpc) is 3.05. The van der Waals surface area contributed by atoms with Gasteiger partial charge in [0, 0.05) is 18.8 Å². The Morgan fingerprint density at radius 2 is 1.92 bits per heavy atom. The van der Waals surface area contributed by atoms with Crippen molar-refractivity contribution < 1.29 is 4.42 Å². The van der Waals surface area contributed by atoms with Crippen LogP contribution in [0.3, 0.4) is 0 Å². The van der Waals surface area contributed by atoms with Gasteiger partial charge in [0.05, 0.1) is 12.3 Å². The molecule has 1 aromatic carbocycles. The third-order valence-electron chi connectivity index (χ3n) is 4.23. The van der Waals surface area contributed by atoms with E-state index in [-0.39, 0.29) is 6.04 Å². The molecule has 4 nitrogen and oxygen atoms in total. The molecule has 0 saturated carbocycles. The molecule has 1 heterocycles. The van der Waals surface area contributed by atoms with Crippen molar-refractivity contribution in [1.29, 1.82) is 0 Å². The van der Waals surface area contributed by atoms with Crippen LogP contribution in [0, 0.1) is 13.8 Å². The molecular formula is C19H27N3OS. The summed E-state index contributed by atoms with van der Waals surface area (Å²) in [5.74, 6) is 0.915. The molecule has 0 aliphatic rings. The highest BCUT2D eigenvalue weighted by Crippen LogP contribution is 2.22. The second-order valence-corrected chi connectivity index (χ2v) is 6.80. The number of rotatable bonds is 6. The van der Waals surface area contributed by atoms with Gasteiger partial charge in [-0.25, -0.2) is 0 Å². The first-order valence-electron chi connectivity index (χ1n) is 8.21. The van der Waals surface area contributed by atoms with Crippen LogP contribution in [-0.2, 0) is 0 Å². The average molecular weight is 346 g/mol. The second-order valence-electron chi connectivity index (χ2n) is 6.42. The number of nitrogens with zero attached hydrogens (tertiary/aromatic N) is 2. The van der Waals surface area contributed by atoms with Crippen LogP contribution in [0.4, 0.5) is 5.69 Å². The van der Waals surface area contributed by atoms with Crippen LogP contribution in [0.15, 0.2) is 41.0 Å². The quantitative estimate of drug-likeness (QED) is 0.793. The van der Waals surface area contributed by atoms with Crippen molar-refractivity contribution in [2.24, 2.45) is 0 Å². The fourth-order valence-electron chi connectivity index (χ4n) is 2.48. The van der Waals surface area contributed by atoms with E-state index in [4.69, 9.17) is 16.6 Å². The Bertz CT molecular complexity index is 667. The smallest absolute Gasteiger partial charge is 0.174 e. The van der Waals surface area contributed by atoms with E-state index in [1.807, 2.05) is 12.1 Å². The molecule has 0 amide bonds. The Morgan fingerprint density at radius 3 is 2.50 bits per heavy atom. The van der Waals surface area contributed by atoms with Crippen LogP contribution in [0.5, 0.6) is 0 Å². The summed E-state index contributed by atoms with van der Waals surface area (Å²) in [6, 6.07) is 10.3. The van der Waals surface area contributed by atoms with E-state index in [2.05, 4.69) is 68.2 Å². The molecule has 1 aromatic heterocycles. The second kappa shape index (κ2) is 8.31. The lowest BCUT2D eigenvalue weighted by atomic mass is 10.1. The minimum Gasteiger partial charge on any atom is -0.467 e. The summed E-state index contributed by atoms with van der Waals surface area (Å²) < 4.78 is 5.58. The lowest BCUT2D eigenvalue weighted by Crippen LogP contribution is -2.40. The van der Waals surface area contributed by atoms with E-state index in [9.17, 15) is 0 Å². The number of benzene rings is 1. The molecule has 0 aliphatic carbocycles. The van der Waals surface area contributed by atoms with Gasteiger partial charge in [0.15, 0.2) is 5.11 Å². The van der Waals surface area contributed by atoms with Crippen molar-refractivity contribution in [2.75, 3.05) is 32.5 Å². The summed E-state index contributed by atoms with van der Waals surface area (Å²) >= 11 is 5.69. The van der Waals surface area contributed by atoms with Crippen molar-refractivity contribution in [3.8, 4) is 0 Å². The standard InChI is InChI=1S/C19H27N3OS/c1-14-8-9-17(13-15(14)2)20-19(24)22(11-10-21(4)5)16(3)18-7-6-12-23-18/h6-9,12-13,16H,10-11H2,1-5H3,(H,20,24)/t16-/m1/s1. The Kier molecular flexibility index (Phi) is 6.40. The lowest BCUT2D eigenvalue weighted by molar-refractivity contribution is 0.263. The summed E-state index contributed by atoms with van der Waals surface area (Å²) in [6.07, 6.45) is 1.70. The fraction of sp³-hybridized carbons (Fsp3) is 0.421. The van der Waals surface area contributed by atoms with Crippen molar-refractivity contribution >= 4 is 23.0 Å². The van der Waals surface area contributed by atoms with E-state index in [1.165, 1.54) is 11.1 Å². The highest BCUT2D eigenvalue weighted by molar-refractivity contribution is 7.80. The van der Waals surface area contributed by atoms with Gasteiger partial charge < -0.3 is 19.5 Å². The van der Waals surface area contributed by atoms with Crippen LogP contribution in [-0.4, -0.2) is 42.1 Å². The van der Waals surface area contributed by atoms with Gasteiger partial charge >= 0.3 is 0 Å². The van der Waals surface area contributed by atoms with Crippen molar-refractivity contribution in [3.05, 3.63) is 53.5 Å². The number of thiocarbonyl (C=S) groups is 1. The molecule has 0 aliphatic heterocycles. The first-order chi connectivity index (χ1) is 11.4. The van der Waals surface area contributed by atoms with Gasteiger partial charge in [-0.3, -0.25) is 0 Å². The molecule has 1 N–H and O–H groups in total. The molecule has 2 rings (SSSR count). The van der Waals surface area contributed by atoms with E-state index in [0.717, 1.165) is 24.5 Å². The predicted octanol–water partition coefficient (Wildman–Crippen LogP) is 4.22. The van der Waals surface area contributed by atoms with Crippen molar-refractivity contribution in [3.63, 3.8) is 0 Å². The minimum atomic E-state index is 0.0755. The number of hydrogen-bond acceptors (Lipinski definition) is 3. The van der Waals surface area contributed by atoms with Crippen LogP contribution in [0.1, 0.15) is 29.9 Å². The normalized spacial score (nSPS) is 12.2. The zero-order chi connectivity index (χ0) is 17.7. The minimum absolute atomic E-state index is 0.0755. The molecule has 5 heteroatoms. The Morgan fingerprint density at radius 1 is 1.17 bits per heavy atom. The summed E-state index contributed by atoms with van der Waals surface area (Å²) in [7, 11) is 4.13. The molecule has 0 bridgehead atoms. The number of anilines is 1. The lowest BCUT2D eigenvalue weighted by Gasteiger charge is -2.31. The van der Waals surface area contributed by atoms with Gasteiger partial charge in [-0.15, -0.1) is 0 Å².